The molecular weight excluding hydrogens is 867 g/mol. The third-order valence-corrected chi connectivity index (χ3v) is 13.5. The van der Waals surface area contributed by atoms with E-state index in [1.165, 1.54) is 64.2 Å². The molecule has 0 aromatic heterocycles. The van der Waals surface area contributed by atoms with E-state index in [0.717, 1.165) is 41.5 Å². The monoisotopic (exact) mass is 946 g/mol. The van der Waals surface area contributed by atoms with Crippen LogP contribution in [0.1, 0.15) is 140 Å². The maximum atomic E-state index is 14.8. The predicted octanol–water partition coefficient (Wildman–Crippen LogP) is 13.4. The Morgan fingerprint density at radius 1 is 0.681 bits per heavy atom. The number of hydrogen-bond donors (Lipinski definition) is 0. The van der Waals surface area contributed by atoms with Gasteiger partial charge in [0.15, 0.2) is 18.2 Å². The second-order valence-electron chi connectivity index (χ2n) is 19.5. The van der Waals surface area contributed by atoms with Crippen LogP contribution in [-0.2, 0) is 64.3 Å². The highest BCUT2D eigenvalue weighted by Gasteiger charge is 2.51. The smallest absolute Gasteiger partial charge is 0.410 e. The summed E-state index contributed by atoms with van der Waals surface area (Å²) < 4.78 is 53.1. The largest absolute Gasteiger partial charge is 0.487 e. The minimum absolute atomic E-state index is 0.134. The molecule has 4 aromatic carbocycles. The molecule has 10 nitrogen and oxygen atoms in total. The van der Waals surface area contributed by atoms with E-state index in [-0.39, 0.29) is 12.7 Å². The van der Waals surface area contributed by atoms with Gasteiger partial charge < -0.3 is 37.9 Å². The molecule has 0 aliphatic carbocycles. The predicted molar refractivity (Wildman–Crippen MR) is 270 cm³/mol. The first kappa shape index (κ1) is 52.3. The molecular formula is C59H79NO9. The number of hydrogen-bond acceptors (Lipinski definition) is 9. The zero-order valence-corrected chi connectivity index (χ0v) is 41.8. The molecule has 4 aromatic rings. The highest BCUT2D eigenvalue weighted by molar-refractivity contribution is 5.68. The van der Waals surface area contributed by atoms with Crippen molar-refractivity contribution in [3.63, 3.8) is 0 Å². The fourth-order valence-corrected chi connectivity index (χ4v) is 9.86. The Bertz CT molecular complexity index is 2070. The lowest BCUT2D eigenvalue weighted by atomic mass is 9.93. The molecule has 0 N–H and O–H groups in total. The van der Waals surface area contributed by atoms with Crippen molar-refractivity contribution in [1.29, 1.82) is 0 Å². The number of benzene rings is 4. The number of unbranched alkanes of at least 4 members (excludes halogenated alkanes) is 11. The zero-order valence-electron chi connectivity index (χ0n) is 41.8. The topological polar surface area (TPSA) is 94.2 Å². The van der Waals surface area contributed by atoms with E-state index >= 15 is 0 Å². The summed E-state index contributed by atoms with van der Waals surface area (Å²) in [6.07, 6.45) is 14.8. The molecule has 0 spiro atoms. The van der Waals surface area contributed by atoms with Crippen molar-refractivity contribution < 1.29 is 42.7 Å². The summed E-state index contributed by atoms with van der Waals surface area (Å²) in [4.78, 5) is 16.6. The van der Waals surface area contributed by atoms with Crippen molar-refractivity contribution in [1.82, 2.24) is 4.90 Å². The first-order chi connectivity index (χ1) is 33.8. The van der Waals surface area contributed by atoms with Crippen LogP contribution in [0.15, 0.2) is 133 Å². The van der Waals surface area contributed by atoms with Crippen LogP contribution < -0.4 is 0 Å². The van der Waals surface area contributed by atoms with Gasteiger partial charge >= 0.3 is 6.09 Å². The molecule has 0 saturated carbocycles. The summed E-state index contributed by atoms with van der Waals surface area (Å²) in [5, 5.41) is 0. The Morgan fingerprint density at radius 3 is 1.78 bits per heavy atom. The number of rotatable bonds is 27. The number of fused-ring (bicyclic) bond motifs is 1. The van der Waals surface area contributed by atoms with Crippen LogP contribution in [0.4, 0.5) is 4.79 Å². The molecule has 69 heavy (non-hydrogen) atoms. The van der Waals surface area contributed by atoms with E-state index in [4.69, 9.17) is 37.9 Å². The van der Waals surface area contributed by atoms with Gasteiger partial charge in [0.1, 0.15) is 36.8 Å². The molecule has 1 amide bonds. The van der Waals surface area contributed by atoms with Gasteiger partial charge in [-0.25, -0.2) is 4.79 Å². The van der Waals surface area contributed by atoms with Crippen molar-refractivity contribution in [2.75, 3.05) is 6.61 Å². The van der Waals surface area contributed by atoms with Gasteiger partial charge in [-0.15, -0.1) is 0 Å². The van der Waals surface area contributed by atoms with E-state index < -0.39 is 54.7 Å². The average Bonchev–Trinajstić information content (AvgIpc) is 3.68. The Labute approximate surface area is 412 Å². The number of carbonyl (C=O) groups is 1. The molecule has 0 bridgehead atoms. The molecule has 10 heteroatoms. The second kappa shape index (κ2) is 27.7. The van der Waals surface area contributed by atoms with E-state index in [1.807, 2.05) is 123 Å². The summed E-state index contributed by atoms with van der Waals surface area (Å²) in [7, 11) is 0. The van der Waals surface area contributed by atoms with Gasteiger partial charge in [0, 0.05) is 6.54 Å². The maximum Gasteiger partial charge on any atom is 0.410 e. The third-order valence-electron chi connectivity index (χ3n) is 13.5. The van der Waals surface area contributed by atoms with Crippen LogP contribution in [-0.4, -0.2) is 72.3 Å². The van der Waals surface area contributed by atoms with Crippen LogP contribution >= 0.6 is 0 Å². The normalized spacial score (nSPS) is 24.1. The molecule has 374 valence electrons. The summed E-state index contributed by atoms with van der Waals surface area (Å²) in [6.45, 7) is 9.57. The first-order valence-electron chi connectivity index (χ1n) is 26.1. The number of ether oxygens (including phenoxy) is 8. The van der Waals surface area contributed by atoms with Gasteiger partial charge in [-0.2, -0.15) is 0 Å². The molecule has 4 unspecified atom stereocenters. The van der Waals surface area contributed by atoms with E-state index in [2.05, 4.69) is 37.3 Å². The minimum atomic E-state index is -0.871. The summed E-state index contributed by atoms with van der Waals surface area (Å²) in [6, 6.07) is 39.6. The van der Waals surface area contributed by atoms with Crippen LogP contribution in [0.5, 0.6) is 0 Å². The van der Waals surface area contributed by atoms with Gasteiger partial charge in [0.2, 0.25) is 0 Å². The molecule has 0 radical (unpaired) electrons. The second-order valence-corrected chi connectivity index (χ2v) is 19.5. The third kappa shape index (κ3) is 16.5. The maximum absolute atomic E-state index is 14.8. The molecule has 7 rings (SSSR count). The Hall–Kier alpha value is -4.55. The minimum Gasteiger partial charge on any atom is -0.487 e. The Balaban J connectivity index is 1.18. The van der Waals surface area contributed by atoms with Crippen LogP contribution in [0.25, 0.3) is 0 Å². The quantitative estimate of drug-likeness (QED) is 0.0542. The SMILES string of the molecule is CCCCCCCCCCCCCCC1OC(C)(C)O[C@H]1[C@H](CC=C1OC2COC(C)O[C@@H]2C(OCc2ccccc2)[C@@H]1OCc1ccccc1)N(Cc1ccccc1)C(=O)OCc1ccccc1. The summed E-state index contributed by atoms with van der Waals surface area (Å²) in [5.41, 5.74) is 3.95. The van der Waals surface area contributed by atoms with Gasteiger partial charge in [-0.3, -0.25) is 4.90 Å². The lowest BCUT2D eigenvalue weighted by Crippen LogP contribution is -2.59. The van der Waals surface area contributed by atoms with Gasteiger partial charge in [0.05, 0.1) is 32.0 Å². The standard InChI is InChI=1S/C59H79NO9/c1-5-6-7-8-9-10-11-12-13-14-15-28-37-52-54(69-59(3,4)68-52)50(60(40-46-29-20-16-21-30-46)58(61)65-43-49-35-26-19-27-36-49)38-39-51-55(63-41-47-31-22-17-23-32-47)57(64-42-48-33-24-18-25-34-48)56-53(67-51)44-62-45(2)66-56/h16-27,29-36,39,45,50,52-57H,5-15,28,37-38,40-44H2,1-4H3/t45?,50-,52?,53?,54-,55+,56-,57?/m0/s1. The summed E-state index contributed by atoms with van der Waals surface area (Å²) in [5.74, 6) is -0.269. The van der Waals surface area contributed by atoms with E-state index in [0.29, 0.717) is 38.5 Å². The van der Waals surface area contributed by atoms with Crippen molar-refractivity contribution in [3.8, 4) is 0 Å². The van der Waals surface area contributed by atoms with Crippen molar-refractivity contribution in [3.05, 3.63) is 155 Å². The average molecular weight is 946 g/mol. The highest BCUT2D eigenvalue weighted by Crippen LogP contribution is 2.39. The van der Waals surface area contributed by atoms with Gasteiger partial charge in [0.25, 0.3) is 0 Å². The lowest BCUT2D eigenvalue weighted by Gasteiger charge is -2.47. The van der Waals surface area contributed by atoms with Crippen LogP contribution in [0.2, 0.25) is 0 Å². The van der Waals surface area contributed by atoms with Crippen LogP contribution in [0, 0.1) is 0 Å². The molecule has 3 aliphatic rings. The molecule has 3 heterocycles. The number of amides is 1. The number of carbonyl (C=O) groups excluding carboxylic acids is 1. The number of nitrogens with zero attached hydrogens (tertiary/aromatic N) is 1. The summed E-state index contributed by atoms with van der Waals surface area (Å²) >= 11 is 0. The fourth-order valence-electron chi connectivity index (χ4n) is 9.86. The van der Waals surface area contributed by atoms with E-state index in [1.54, 1.807) is 0 Å². The van der Waals surface area contributed by atoms with Crippen molar-refractivity contribution >= 4 is 6.09 Å². The molecule has 3 aliphatic heterocycles. The Morgan fingerprint density at radius 2 is 1.20 bits per heavy atom. The zero-order chi connectivity index (χ0) is 48.1. The molecule has 3 saturated heterocycles. The Kier molecular flexibility index (Phi) is 21.0. The van der Waals surface area contributed by atoms with Crippen molar-refractivity contribution in [2.24, 2.45) is 0 Å². The molecule has 8 atom stereocenters. The lowest BCUT2D eigenvalue weighted by molar-refractivity contribution is -0.303. The fraction of sp³-hybridized carbons (Fsp3) is 0.542. The van der Waals surface area contributed by atoms with Gasteiger partial charge in [-0.1, -0.05) is 205 Å². The highest BCUT2D eigenvalue weighted by atomic mass is 16.8. The molecule has 3 fully saturated rings. The van der Waals surface area contributed by atoms with E-state index in [9.17, 15) is 4.79 Å². The van der Waals surface area contributed by atoms with Gasteiger partial charge in [-0.05, 0) is 61.9 Å². The van der Waals surface area contributed by atoms with Crippen molar-refractivity contribution in [2.45, 2.75) is 199 Å². The first-order valence-corrected chi connectivity index (χ1v) is 26.1. The van der Waals surface area contributed by atoms with Crippen LogP contribution in [0.3, 0.4) is 0 Å².